The molecule has 0 saturated heterocycles. The Bertz CT molecular complexity index is 593. The minimum absolute atomic E-state index is 0.115. The van der Waals surface area contributed by atoms with Gasteiger partial charge in [0.15, 0.2) is 0 Å². The highest BCUT2D eigenvalue weighted by atomic mass is 16.5. The van der Waals surface area contributed by atoms with Crippen LogP contribution >= 0.6 is 0 Å². The Hall–Kier alpha value is -1.71. The van der Waals surface area contributed by atoms with Gasteiger partial charge in [-0.2, -0.15) is 0 Å². The Morgan fingerprint density at radius 3 is 2.19 bits per heavy atom. The molecule has 0 bridgehead atoms. The topological polar surface area (TPSA) is 47.6 Å². The van der Waals surface area contributed by atoms with Crippen molar-refractivity contribution < 1.29 is 14.3 Å². The fraction of sp³-hybridized carbons (Fsp3) is 0.696. The predicted octanol–water partition coefficient (Wildman–Crippen LogP) is 5.67. The molecule has 0 spiro atoms. The molecule has 154 valence electrons. The van der Waals surface area contributed by atoms with Crippen molar-refractivity contribution >= 4 is 5.91 Å². The second kappa shape index (κ2) is 10.6. The summed E-state index contributed by atoms with van der Waals surface area (Å²) >= 11 is 0. The highest BCUT2D eigenvalue weighted by Crippen LogP contribution is 2.32. The van der Waals surface area contributed by atoms with E-state index in [1.54, 1.807) is 0 Å². The first kappa shape index (κ1) is 23.3. The van der Waals surface area contributed by atoms with Gasteiger partial charge in [0, 0.05) is 19.0 Å². The van der Waals surface area contributed by atoms with Crippen LogP contribution in [-0.2, 0) is 11.2 Å². The fourth-order valence-corrected chi connectivity index (χ4v) is 2.45. The quantitative estimate of drug-likeness (QED) is 0.477. The van der Waals surface area contributed by atoms with Gasteiger partial charge in [0.1, 0.15) is 22.7 Å². The van der Waals surface area contributed by atoms with Crippen molar-refractivity contribution in [1.82, 2.24) is 5.32 Å². The van der Waals surface area contributed by atoms with Crippen LogP contribution in [0.3, 0.4) is 0 Å². The minimum atomic E-state index is -0.219. The number of rotatable bonds is 12. The maximum atomic E-state index is 11.3. The van der Waals surface area contributed by atoms with Gasteiger partial charge in [-0.25, -0.2) is 0 Å². The van der Waals surface area contributed by atoms with Gasteiger partial charge in [-0.15, -0.1) is 0 Å². The van der Waals surface area contributed by atoms with Crippen LogP contribution in [-0.4, -0.2) is 23.7 Å². The molecule has 0 radical (unpaired) electrons. The molecular weight excluding hydrogens is 338 g/mol. The van der Waals surface area contributed by atoms with Crippen LogP contribution in [0.4, 0.5) is 0 Å². The summed E-state index contributed by atoms with van der Waals surface area (Å²) in [5.41, 5.74) is 0.777. The van der Waals surface area contributed by atoms with Crippen LogP contribution in [0.15, 0.2) is 18.2 Å². The SMILES string of the molecule is CCC(=O)NCCCCc1ccc(OC(C)(C)CC)cc1OC(C)(C)CC. The molecule has 0 aliphatic carbocycles. The number of nitrogens with one attached hydrogen (secondary N) is 1. The molecule has 1 amide bonds. The number of benzene rings is 1. The third-order valence-electron chi connectivity index (χ3n) is 5.04. The smallest absolute Gasteiger partial charge is 0.219 e. The fourth-order valence-electron chi connectivity index (χ4n) is 2.45. The summed E-state index contributed by atoms with van der Waals surface area (Å²) < 4.78 is 12.5. The minimum Gasteiger partial charge on any atom is -0.488 e. The molecule has 0 heterocycles. The molecule has 0 fully saturated rings. The molecule has 27 heavy (non-hydrogen) atoms. The van der Waals surface area contributed by atoms with E-state index in [9.17, 15) is 4.79 Å². The van der Waals surface area contributed by atoms with E-state index >= 15 is 0 Å². The van der Waals surface area contributed by atoms with Gasteiger partial charge < -0.3 is 14.8 Å². The van der Waals surface area contributed by atoms with Crippen LogP contribution in [0.25, 0.3) is 0 Å². The molecule has 0 aliphatic rings. The summed E-state index contributed by atoms with van der Waals surface area (Å²) in [7, 11) is 0. The van der Waals surface area contributed by atoms with E-state index in [1.165, 1.54) is 5.56 Å². The molecule has 1 rings (SSSR count). The third kappa shape index (κ3) is 8.68. The zero-order valence-electron chi connectivity index (χ0n) is 18.4. The second-order valence-corrected chi connectivity index (χ2v) is 8.36. The van der Waals surface area contributed by atoms with Crippen LogP contribution < -0.4 is 14.8 Å². The predicted molar refractivity (Wildman–Crippen MR) is 113 cm³/mol. The Morgan fingerprint density at radius 2 is 1.59 bits per heavy atom. The third-order valence-corrected chi connectivity index (χ3v) is 5.04. The average Bonchev–Trinajstić information content (AvgIpc) is 2.62. The van der Waals surface area contributed by atoms with Gasteiger partial charge in [0.25, 0.3) is 0 Å². The lowest BCUT2D eigenvalue weighted by molar-refractivity contribution is -0.120. The van der Waals surface area contributed by atoms with Crippen LogP contribution in [0, 0.1) is 0 Å². The molecule has 0 aromatic heterocycles. The van der Waals surface area contributed by atoms with Gasteiger partial charge in [0.2, 0.25) is 5.91 Å². The van der Waals surface area contributed by atoms with Crippen molar-refractivity contribution in [2.45, 2.75) is 98.2 Å². The maximum absolute atomic E-state index is 11.3. The van der Waals surface area contributed by atoms with Crippen molar-refractivity contribution in [2.24, 2.45) is 0 Å². The number of carbonyl (C=O) groups is 1. The Morgan fingerprint density at radius 1 is 0.963 bits per heavy atom. The molecule has 0 atom stereocenters. The largest absolute Gasteiger partial charge is 0.488 e. The average molecular weight is 378 g/mol. The number of aryl methyl sites for hydroxylation is 1. The highest BCUT2D eigenvalue weighted by molar-refractivity contribution is 5.75. The molecule has 0 unspecified atom stereocenters. The van der Waals surface area contributed by atoms with E-state index in [0.29, 0.717) is 6.42 Å². The van der Waals surface area contributed by atoms with Crippen molar-refractivity contribution in [2.75, 3.05) is 6.54 Å². The summed E-state index contributed by atoms with van der Waals surface area (Å²) in [6.07, 6.45) is 5.31. The van der Waals surface area contributed by atoms with E-state index in [-0.39, 0.29) is 17.1 Å². The first-order valence-electron chi connectivity index (χ1n) is 10.4. The van der Waals surface area contributed by atoms with Gasteiger partial charge in [-0.05, 0) is 71.4 Å². The van der Waals surface area contributed by atoms with Crippen molar-refractivity contribution in [3.8, 4) is 11.5 Å². The second-order valence-electron chi connectivity index (χ2n) is 8.36. The van der Waals surface area contributed by atoms with E-state index in [2.05, 4.69) is 52.9 Å². The van der Waals surface area contributed by atoms with E-state index < -0.39 is 0 Å². The number of hydrogen-bond acceptors (Lipinski definition) is 3. The van der Waals surface area contributed by atoms with Gasteiger partial charge in [0.05, 0.1) is 0 Å². The summed E-state index contributed by atoms with van der Waals surface area (Å²) in [4.78, 5) is 11.3. The normalized spacial score (nSPS) is 12.0. The first-order chi connectivity index (χ1) is 12.6. The number of carbonyl (C=O) groups excluding carboxylic acids is 1. The standard InChI is InChI=1S/C23H39NO3/c1-8-21(25)24-16-12-11-13-18-14-15-19(26-22(4,5)9-2)17-20(18)27-23(6,7)10-3/h14-15,17H,8-13,16H2,1-7H3,(H,24,25). The van der Waals surface area contributed by atoms with Crippen LogP contribution in [0.1, 0.15) is 86.1 Å². The lowest BCUT2D eigenvalue weighted by Crippen LogP contribution is -2.28. The van der Waals surface area contributed by atoms with Gasteiger partial charge in [-0.3, -0.25) is 4.79 Å². The van der Waals surface area contributed by atoms with E-state index in [4.69, 9.17) is 9.47 Å². The molecule has 0 saturated carbocycles. The highest BCUT2D eigenvalue weighted by Gasteiger charge is 2.21. The summed E-state index contributed by atoms with van der Waals surface area (Å²) in [5.74, 6) is 1.87. The first-order valence-corrected chi connectivity index (χ1v) is 10.4. The number of unbranched alkanes of at least 4 members (excludes halogenated alkanes) is 1. The zero-order chi connectivity index (χ0) is 20.5. The molecule has 1 aromatic rings. The van der Waals surface area contributed by atoms with E-state index in [0.717, 1.165) is 50.1 Å². The van der Waals surface area contributed by atoms with Crippen LogP contribution in [0.5, 0.6) is 11.5 Å². The number of ether oxygens (including phenoxy) is 2. The molecule has 4 heteroatoms. The molecule has 4 nitrogen and oxygen atoms in total. The summed E-state index contributed by atoms with van der Waals surface area (Å²) in [6, 6.07) is 6.19. The van der Waals surface area contributed by atoms with E-state index in [1.807, 2.05) is 19.1 Å². The summed E-state index contributed by atoms with van der Waals surface area (Å²) in [5, 5.41) is 2.93. The maximum Gasteiger partial charge on any atom is 0.219 e. The van der Waals surface area contributed by atoms with Crippen molar-refractivity contribution in [3.63, 3.8) is 0 Å². The number of hydrogen-bond donors (Lipinski definition) is 1. The Kier molecular flexibility index (Phi) is 9.14. The van der Waals surface area contributed by atoms with Crippen molar-refractivity contribution in [3.05, 3.63) is 23.8 Å². The molecule has 0 aliphatic heterocycles. The lowest BCUT2D eigenvalue weighted by Gasteiger charge is -2.29. The summed E-state index contributed by atoms with van der Waals surface area (Å²) in [6.45, 7) is 15.3. The van der Waals surface area contributed by atoms with Crippen LogP contribution in [0.2, 0.25) is 0 Å². The monoisotopic (exact) mass is 377 g/mol. The lowest BCUT2D eigenvalue weighted by atomic mass is 10.0. The molecular formula is C23H39NO3. The number of amides is 1. The van der Waals surface area contributed by atoms with Gasteiger partial charge in [-0.1, -0.05) is 26.8 Å². The van der Waals surface area contributed by atoms with Crippen molar-refractivity contribution in [1.29, 1.82) is 0 Å². The Balaban J connectivity index is 2.83. The molecule has 1 N–H and O–H groups in total. The molecule has 1 aromatic carbocycles. The van der Waals surface area contributed by atoms with Gasteiger partial charge >= 0.3 is 0 Å². The zero-order valence-corrected chi connectivity index (χ0v) is 18.4. The Labute approximate surface area is 166 Å².